The quantitative estimate of drug-likeness (QED) is 0.349. The minimum atomic E-state index is -0.833. The third kappa shape index (κ3) is 65.6. The smallest absolute Gasteiger partial charge is 0.324 e. The molecule has 0 rings (SSSR count). The van der Waals surface area contributed by atoms with Crippen LogP contribution in [0.5, 0.6) is 0 Å². The Morgan fingerprint density at radius 2 is 1.60 bits per heavy atom. The van der Waals surface area contributed by atoms with E-state index >= 15 is 0 Å². The second-order valence-electron chi connectivity index (χ2n) is 0.0816. The number of hydrogen-bond donors (Lipinski definition) is 1. The van der Waals surface area contributed by atoms with Crippen molar-refractivity contribution in [2.24, 2.45) is 0 Å². The Bertz CT molecular complexity index is 14.4. The van der Waals surface area contributed by atoms with Crippen LogP contribution < -0.4 is 0 Å². The van der Waals surface area contributed by atoms with Gasteiger partial charge in [-0.1, -0.05) is 0 Å². The first-order valence-corrected chi connectivity index (χ1v) is 1.15. The molecule has 0 heterocycles. The second kappa shape index (κ2) is 21.9. The van der Waals surface area contributed by atoms with Crippen LogP contribution in [0.25, 0.3) is 0 Å². The molecule has 0 aliphatic carbocycles. The molecule has 0 amide bonds. The Labute approximate surface area is 45.9 Å². The van der Waals surface area contributed by atoms with E-state index in [-0.39, 0.29) is 27.2 Å². The van der Waals surface area contributed by atoms with Gasteiger partial charge in [0.05, 0.1) is 0 Å². The van der Waals surface area contributed by atoms with Crippen molar-refractivity contribution in [3.8, 4) is 0 Å². The molecule has 30 valence electrons. The summed E-state index contributed by atoms with van der Waals surface area (Å²) >= 11 is 0. The third-order valence-corrected chi connectivity index (χ3v) is 0. The van der Waals surface area contributed by atoms with E-state index < -0.39 is 8.69 Å². The zero-order valence-corrected chi connectivity index (χ0v) is 4.76. The van der Waals surface area contributed by atoms with Crippen molar-refractivity contribution in [2.75, 3.05) is 0 Å². The molecule has 0 unspecified atom stereocenters. The summed E-state index contributed by atoms with van der Waals surface area (Å²) in [6.07, 6.45) is 0. The zero-order chi connectivity index (χ0) is 2.71. The molecule has 0 aliphatic heterocycles. The molecule has 5 heteroatoms. The van der Waals surface area contributed by atoms with Crippen LogP contribution in [0.15, 0.2) is 0 Å². The van der Waals surface area contributed by atoms with Crippen LogP contribution in [0.4, 0.5) is 0 Å². The van der Waals surface area contributed by atoms with Crippen molar-refractivity contribution in [2.45, 2.75) is 0 Å². The minimum Gasteiger partial charge on any atom is -0.412 e. The summed E-state index contributed by atoms with van der Waals surface area (Å²) < 4.78 is 8.46. The van der Waals surface area contributed by atoms with Gasteiger partial charge in [0.2, 0.25) is 0 Å². The largest absolute Gasteiger partial charge is 0.412 e. The maximum Gasteiger partial charge on any atom is 0.324 e. The molecule has 0 saturated heterocycles. The van der Waals surface area contributed by atoms with E-state index in [1.165, 1.54) is 0 Å². The minimum absolute atomic E-state index is 0. The predicted molar refractivity (Wildman–Crippen MR) is 13.4 cm³/mol. The maximum absolute atomic E-state index is 8.46. The van der Waals surface area contributed by atoms with Gasteiger partial charge >= 0.3 is 8.69 Å². The summed E-state index contributed by atoms with van der Waals surface area (Å²) in [5, 5.41) is 0. The Kier molecular flexibility index (Phi) is 75.5. The van der Waals surface area contributed by atoms with Gasteiger partial charge in [-0.05, 0) is 0 Å². The number of hydrogen-bond acceptors (Lipinski definition) is 1. The Morgan fingerprint density at radius 1 is 1.60 bits per heavy atom. The standard InChI is InChI=1S/HO2P.H2O.Ti/c1-3-2;;/h(H,1,2);1H2;. The summed E-state index contributed by atoms with van der Waals surface area (Å²) in [6.45, 7) is 0. The zero-order valence-electron chi connectivity index (χ0n) is 2.30. The van der Waals surface area contributed by atoms with E-state index in [1.54, 1.807) is 0 Å². The van der Waals surface area contributed by atoms with Gasteiger partial charge < -0.3 is 10.4 Å². The summed E-state index contributed by atoms with van der Waals surface area (Å²) in [5.74, 6) is 0. The maximum atomic E-state index is 8.46. The summed E-state index contributed by atoms with van der Waals surface area (Å²) in [7, 11) is -0.833. The first-order valence-electron chi connectivity index (χ1n) is 0.383. The molecule has 0 spiro atoms. The molecular weight excluding hydrogens is 127 g/mol. The molecular formula is H3O3PTi. The molecule has 3 N–H and O–H groups in total. The van der Waals surface area contributed by atoms with Crippen LogP contribution >= 0.6 is 8.69 Å². The van der Waals surface area contributed by atoms with E-state index in [1.807, 2.05) is 0 Å². The predicted octanol–water partition coefficient (Wildman–Crippen LogP) is -0.642. The SMILES string of the molecule is O.O=PO.[Ti]. The fraction of sp³-hybridized carbons (Fsp3) is 0. The Hall–Kier alpha value is 0.734. The summed E-state index contributed by atoms with van der Waals surface area (Å²) in [4.78, 5) is 6.99. The molecule has 0 aromatic carbocycles. The fourth-order valence-corrected chi connectivity index (χ4v) is 0. The summed E-state index contributed by atoms with van der Waals surface area (Å²) in [5.41, 5.74) is 0. The van der Waals surface area contributed by atoms with Crippen molar-refractivity contribution in [1.29, 1.82) is 0 Å². The molecule has 0 aromatic rings. The van der Waals surface area contributed by atoms with Crippen LogP contribution in [-0.2, 0) is 26.3 Å². The first kappa shape index (κ1) is 17.2. The van der Waals surface area contributed by atoms with Crippen molar-refractivity contribution in [1.82, 2.24) is 0 Å². The van der Waals surface area contributed by atoms with E-state index in [0.29, 0.717) is 0 Å². The van der Waals surface area contributed by atoms with Crippen molar-refractivity contribution in [3.05, 3.63) is 0 Å². The summed E-state index contributed by atoms with van der Waals surface area (Å²) in [6, 6.07) is 0. The molecule has 0 bridgehead atoms. The van der Waals surface area contributed by atoms with Gasteiger partial charge in [-0.25, -0.2) is 4.57 Å². The van der Waals surface area contributed by atoms with E-state index in [0.717, 1.165) is 0 Å². The fourth-order valence-electron chi connectivity index (χ4n) is 0. The Balaban J connectivity index is -0.0000000200. The van der Waals surface area contributed by atoms with Gasteiger partial charge in [-0.3, -0.25) is 0 Å². The number of rotatable bonds is 0. The van der Waals surface area contributed by atoms with Gasteiger partial charge in [-0.15, -0.1) is 0 Å². The monoisotopic (exact) mass is 130 g/mol. The molecule has 0 aromatic heterocycles. The average molecular weight is 130 g/mol. The topological polar surface area (TPSA) is 68.8 Å². The Morgan fingerprint density at radius 3 is 1.60 bits per heavy atom. The molecule has 0 atom stereocenters. The molecule has 5 heavy (non-hydrogen) atoms. The van der Waals surface area contributed by atoms with Gasteiger partial charge in [0.15, 0.2) is 0 Å². The molecule has 0 radical (unpaired) electrons. The van der Waals surface area contributed by atoms with Crippen LogP contribution in [0.1, 0.15) is 0 Å². The van der Waals surface area contributed by atoms with Crippen molar-refractivity contribution < 1.29 is 36.7 Å². The van der Waals surface area contributed by atoms with Gasteiger partial charge in [0.25, 0.3) is 0 Å². The normalized spacial score (nSPS) is 4.20. The van der Waals surface area contributed by atoms with Gasteiger partial charge in [-0.2, -0.15) is 0 Å². The molecule has 0 saturated carbocycles. The van der Waals surface area contributed by atoms with Gasteiger partial charge in [0, 0.05) is 21.7 Å². The average Bonchev–Trinajstić information content (AvgIpc) is 0.918. The molecule has 3 nitrogen and oxygen atoms in total. The molecule has 0 aliphatic rings. The van der Waals surface area contributed by atoms with Crippen molar-refractivity contribution >= 4 is 8.69 Å². The van der Waals surface area contributed by atoms with Gasteiger partial charge in [0.1, 0.15) is 0 Å². The second-order valence-corrected chi connectivity index (χ2v) is 0.245. The van der Waals surface area contributed by atoms with E-state index in [9.17, 15) is 0 Å². The van der Waals surface area contributed by atoms with Crippen LogP contribution in [0, 0.1) is 0 Å². The van der Waals surface area contributed by atoms with Crippen molar-refractivity contribution in [3.63, 3.8) is 0 Å². The van der Waals surface area contributed by atoms with Crippen LogP contribution in [0.2, 0.25) is 0 Å². The first-order chi connectivity index (χ1) is 1.41. The van der Waals surface area contributed by atoms with Crippen LogP contribution in [0.3, 0.4) is 0 Å². The van der Waals surface area contributed by atoms with E-state index in [4.69, 9.17) is 9.46 Å². The van der Waals surface area contributed by atoms with E-state index in [2.05, 4.69) is 0 Å². The third-order valence-electron chi connectivity index (χ3n) is 0. The molecule has 0 fully saturated rings. The van der Waals surface area contributed by atoms with Crippen LogP contribution in [-0.4, -0.2) is 10.4 Å².